The SMILES string of the molecule is COc1cc(OCC2CCNCC2)c([N+](=O)[O-])cc1F. The Hall–Kier alpha value is -1.89. The quantitative estimate of drug-likeness (QED) is 0.662. The molecule has 1 aromatic rings. The van der Waals surface area contributed by atoms with Crippen LogP contribution in [-0.2, 0) is 0 Å². The Morgan fingerprint density at radius 1 is 1.40 bits per heavy atom. The van der Waals surface area contributed by atoms with Gasteiger partial charge in [-0.05, 0) is 31.8 Å². The van der Waals surface area contributed by atoms with E-state index in [2.05, 4.69) is 5.32 Å². The number of methoxy groups -OCH3 is 1. The Bertz CT molecular complexity index is 490. The molecule has 0 aliphatic carbocycles. The van der Waals surface area contributed by atoms with E-state index < -0.39 is 10.7 Å². The molecule has 1 heterocycles. The number of hydrogen-bond acceptors (Lipinski definition) is 5. The lowest BCUT2D eigenvalue weighted by Gasteiger charge is -2.22. The predicted molar refractivity (Wildman–Crippen MR) is 70.7 cm³/mol. The Morgan fingerprint density at radius 3 is 2.70 bits per heavy atom. The monoisotopic (exact) mass is 284 g/mol. The largest absolute Gasteiger partial charge is 0.494 e. The van der Waals surface area contributed by atoms with E-state index in [0.29, 0.717) is 12.5 Å². The lowest BCUT2D eigenvalue weighted by atomic mass is 9.99. The molecule has 1 N–H and O–H groups in total. The molecule has 1 aromatic carbocycles. The van der Waals surface area contributed by atoms with E-state index in [1.807, 2.05) is 0 Å². The second kappa shape index (κ2) is 6.51. The number of halogens is 1. The van der Waals surface area contributed by atoms with Crippen molar-refractivity contribution >= 4 is 5.69 Å². The number of rotatable bonds is 5. The van der Waals surface area contributed by atoms with Crippen LogP contribution in [0, 0.1) is 21.8 Å². The van der Waals surface area contributed by atoms with Gasteiger partial charge in [0, 0.05) is 6.07 Å². The predicted octanol–water partition coefficient (Wildman–Crippen LogP) is 2.12. The maximum Gasteiger partial charge on any atom is 0.314 e. The molecule has 0 radical (unpaired) electrons. The molecule has 6 nitrogen and oxygen atoms in total. The lowest BCUT2D eigenvalue weighted by molar-refractivity contribution is -0.386. The third-order valence-corrected chi connectivity index (χ3v) is 3.36. The molecule has 0 saturated carbocycles. The lowest BCUT2D eigenvalue weighted by Crippen LogP contribution is -2.30. The number of nitro groups is 1. The third-order valence-electron chi connectivity index (χ3n) is 3.36. The maximum absolute atomic E-state index is 13.5. The van der Waals surface area contributed by atoms with Crippen LogP contribution >= 0.6 is 0 Å². The van der Waals surface area contributed by atoms with Crippen molar-refractivity contribution in [3.8, 4) is 11.5 Å². The first-order valence-corrected chi connectivity index (χ1v) is 6.47. The van der Waals surface area contributed by atoms with Gasteiger partial charge >= 0.3 is 5.69 Å². The number of piperidine rings is 1. The molecule has 1 aliphatic rings. The molecule has 110 valence electrons. The van der Waals surface area contributed by atoms with Crippen LogP contribution in [0.3, 0.4) is 0 Å². The minimum Gasteiger partial charge on any atom is -0.494 e. The molecule has 2 rings (SSSR count). The Morgan fingerprint density at radius 2 is 2.10 bits per heavy atom. The zero-order valence-electron chi connectivity index (χ0n) is 11.2. The minimum absolute atomic E-state index is 0.0479. The van der Waals surface area contributed by atoms with Gasteiger partial charge in [-0.3, -0.25) is 10.1 Å². The van der Waals surface area contributed by atoms with Crippen LogP contribution in [0.5, 0.6) is 11.5 Å². The van der Waals surface area contributed by atoms with E-state index in [1.54, 1.807) is 0 Å². The van der Waals surface area contributed by atoms with Crippen LogP contribution in [0.2, 0.25) is 0 Å². The van der Waals surface area contributed by atoms with Crippen molar-refractivity contribution in [2.75, 3.05) is 26.8 Å². The number of nitrogens with zero attached hydrogens (tertiary/aromatic N) is 1. The minimum atomic E-state index is -0.770. The van der Waals surface area contributed by atoms with Crippen LogP contribution in [0.15, 0.2) is 12.1 Å². The number of nitrogens with one attached hydrogen (secondary N) is 1. The molecule has 1 fully saturated rings. The summed E-state index contributed by atoms with van der Waals surface area (Å²) in [6.45, 7) is 2.23. The fourth-order valence-corrected chi connectivity index (χ4v) is 2.19. The highest BCUT2D eigenvalue weighted by Gasteiger charge is 2.22. The van der Waals surface area contributed by atoms with Crippen LogP contribution in [0.1, 0.15) is 12.8 Å². The summed E-state index contributed by atoms with van der Waals surface area (Å²) >= 11 is 0. The molecule has 1 saturated heterocycles. The molecule has 20 heavy (non-hydrogen) atoms. The molecule has 0 spiro atoms. The van der Waals surface area contributed by atoms with Crippen LogP contribution < -0.4 is 14.8 Å². The molecular formula is C13H17FN2O4. The molecule has 1 aliphatic heterocycles. The normalized spacial score (nSPS) is 15.9. The standard InChI is InChI=1S/C13H17FN2O4/c1-19-12-7-13(11(16(17)18)6-10(12)14)20-8-9-2-4-15-5-3-9/h6-7,9,15H,2-5,8H2,1H3. The van der Waals surface area contributed by atoms with Crippen molar-refractivity contribution in [2.24, 2.45) is 5.92 Å². The molecule has 0 aromatic heterocycles. The first-order chi connectivity index (χ1) is 9.61. The fraction of sp³-hybridized carbons (Fsp3) is 0.538. The number of nitro benzene ring substituents is 1. The Kier molecular flexibility index (Phi) is 4.73. The van der Waals surface area contributed by atoms with Gasteiger partial charge in [0.1, 0.15) is 0 Å². The fourth-order valence-electron chi connectivity index (χ4n) is 2.19. The summed E-state index contributed by atoms with van der Waals surface area (Å²) in [4.78, 5) is 10.3. The summed E-state index contributed by atoms with van der Waals surface area (Å²) in [6.07, 6.45) is 1.93. The van der Waals surface area contributed by atoms with Crippen LogP contribution in [0.25, 0.3) is 0 Å². The molecule has 0 atom stereocenters. The van der Waals surface area contributed by atoms with Crippen molar-refractivity contribution in [1.82, 2.24) is 5.32 Å². The van der Waals surface area contributed by atoms with Gasteiger partial charge in [-0.25, -0.2) is 4.39 Å². The molecule has 0 bridgehead atoms. The average Bonchev–Trinajstić information content (AvgIpc) is 2.46. The highest BCUT2D eigenvalue weighted by molar-refractivity contribution is 5.51. The zero-order valence-corrected chi connectivity index (χ0v) is 11.2. The maximum atomic E-state index is 13.5. The van der Waals surface area contributed by atoms with Crippen molar-refractivity contribution in [3.63, 3.8) is 0 Å². The summed E-state index contributed by atoms with van der Waals surface area (Å²) in [7, 11) is 1.31. The first kappa shape index (κ1) is 14.5. The number of ether oxygens (including phenoxy) is 2. The number of benzene rings is 1. The van der Waals surface area contributed by atoms with Gasteiger partial charge in [0.15, 0.2) is 11.6 Å². The van der Waals surface area contributed by atoms with Crippen molar-refractivity contribution in [1.29, 1.82) is 0 Å². The second-order valence-electron chi connectivity index (χ2n) is 4.72. The van der Waals surface area contributed by atoms with Crippen LogP contribution in [0.4, 0.5) is 10.1 Å². The molecular weight excluding hydrogens is 267 g/mol. The van der Waals surface area contributed by atoms with Crippen molar-refractivity contribution < 1.29 is 18.8 Å². The topological polar surface area (TPSA) is 73.6 Å². The molecule has 0 unspecified atom stereocenters. The smallest absolute Gasteiger partial charge is 0.314 e. The van der Waals surface area contributed by atoms with E-state index in [1.165, 1.54) is 13.2 Å². The van der Waals surface area contributed by atoms with E-state index in [9.17, 15) is 14.5 Å². The summed E-state index contributed by atoms with van der Waals surface area (Å²) in [5, 5.41) is 14.2. The van der Waals surface area contributed by atoms with E-state index in [-0.39, 0.29) is 17.2 Å². The van der Waals surface area contributed by atoms with Crippen molar-refractivity contribution in [3.05, 3.63) is 28.1 Å². The van der Waals surface area contributed by atoms with Gasteiger partial charge in [0.2, 0.25) is 5.75 Å². The van der Waals surface area contributed by atoms with Gasteiger partial charge in [-0.1, -0.05) is 0 Å². The molecule has 0 amide bonds. The highest BCUT2D eigenvalue weighted by atomic mass is 19.1. The van der Waals surface area contributed by atoms with Gasteiger partial charge < -0.3 is 14.8 Å². The molecule has 7 heteroatoms. The Balaban J connectivity index is 2.13. The van der Waals surface area contributed by atoms with E-state index >= 15 is 0 Å². The van der Waals surface area contributed by atoms with Crippen molar-refractivity contribution in [2.45, 2.75) is 12.8 Å². The Labute approximate surface area is 116 Å². The summed E-state index contributed by atoms with van der Waals surface area (Å²) in [5.74, 6) is -0.428. The number of hydrogen-bond donors (Lipinski definition) is 1. The first-order valence-electron chi connectivity index (χ1n) is 6.47. The summed E-state index contributed by atoms with van der Waals surface area (Å²) in [5.41, 5.74) is -0.378. The van der Waals surface area contributed by atoms with Gasteiger partial charge in [0.05, 0.1) is 24.7 Å². The van der Waals surface area contributed by atoms with E-state index in [4.69, 9.17) is 9.47 Å². The van der Waals surface area contributed by atoms with Gasteiger partial charge in [-0.2, -0.15) is 0 Å². The summed E-state index contributed by atoms with van der Waals surface area (Å²) < 4.78 is 23.8. The van der Waals surface area contributed by atoms with Gasteiger partial charge in [0.25, 0.3) is 0 Å². The third kappa shape index (κ3) is 3.36. The van der Waals surface area contributed by atoms with E-state index in [0.717, 1.165) is 32.0 Å². The summed E-state index contributed by atoms with van der Waals surface area (Å²) in [6, 6.07) is 2.06. The second-order valence-corrected chi connectivity index (χ2v) is 4.72. The highest BCUT2D eigenvalue weighted by Crippen LogP contribution is 2.34. The van der Waals surface area contributed by atoms with Gasteiger partial charge in [-0.15, -0.1) is 0 Å². The zero-order chi connectivity index (χ0) is 14.5. The van der Waals surface area contributed by atoms with Crippen LogP contribution in [-0.4, -0.2) is 31.7 Å². The average molecular weight is 284 g/mol.